The third-order valence-corrected chi connectivity index (χ3v) is 7.75. The summed E-state index contributed by atoms with van der Waals surface area (Å²) >= 11 is 5.91. The van der Waals surface area contributed by atoms with Crippen LogP contribution in [0.15, 0.2) is 66.7 Å². The number of likely N-dealkylation sites (tertiary alicyclic amines) is 1. The van der Waals surface area contributed by atoms with Crippen molar-refractivity contribution in [2.45, 2.75) is 18.8 Å². The van der Waals surface area contributed by atoms with Crippen molar-refractivity contribution in [2.75, 3.05) is 56.5 Å². The second-order valence-electron chi connectivity index (χ2n) is 10.1. The summed E-state index contributed by atoms with van der Waals surface area (Å²) in [5.41, 5.74) is 3.98. The van der Waals surface area contributed by atoms with Crippen LogP contribution in [-0.2, 0) is 0 Å². The number of likely N-dealkylation sites (N-methyl/N-ethyl adjacent to an activating group) is 1. The Morgan fingerprint density at radius 1 is 0.842 bits per heavy atom. The summed E-state index contributed by atoms with van der Waals surface area (Å²) in [5, 5.41) is 3.21. The molecule has 0 unspecified atom stereocenters. The highest BCUT2D eigenvalue weighted by molar-refractivity contribution is 6.31. The van der Waals surface area contributed by atoms with Crippen molar-refractivity contribution in [3.05, 3.63) is 94.3 Å². The molecule has 0 radical (unpaired) electrons. The fourth-order valence-corrected chi connectivity index (χ4v) is 5.43. The molecule has 0 bridgehead atoms. The highest BCUT2D eigenvalue weighted by Gasteiger charge is 2.25. The highest BCUT2D eigenvalue weighted by atomic mass is 35.5. The SMILES string of the molecule is CN1CCN(c2ccc(C(=O)Nc3ccc(C4CCN(C(=O)c5cc(F)cc(Cl)c5)CC4)cc3)cc2)CC1. The van der Waals surface area contributed by atoms with E-state index in [1.807, 2.05) is 48.5 Å². The van der Waals surface area contributed by atoms with Gasteiger partial charge < -0.3 is 20.0 Å². The number of nitrogens with one attached hydrogen (secondary N) is 1. The summed E-state index contributed by atoms with van der Waals surface area (Å²) < 4.78 is 13.7. The molecule has 2 aliphatic heterocycles. The molecule has 8 heteroatoms. The first kappa shape index (κ1) is 26.2. The Balaban J connectivity index is 1.13. The average molecular weight is 535 g/mol. The molecule has 3 aromatic carbocycles. The van der Waals surface area contributed by atoms with E-state index in [-0.39, 0.29) is 22.4 Å². The van der Waals surface area contributed by atoms with Crippen LogP contribution < -0.4 is 10.2 Å². The van der Waals surface area contributed by atoms with Crippen molar-refractivity contribution in [2.24, 2.45) is 0 Å². The molecule has 2 fully saturated rings. The van der Waals surface area contributed by atoms with E-state index in [0.29, 0.717) is 24.6 Å². The molecule has 0 saturated carbocycles. The number of anilines is 2. The summed E-state index contributed by atoms with van der Waals surface area (Å²) in [5.74, 6) is -0.515. The minimum atomic E-state index is -0.509. The molecule has 5 rings (SSSR count). The molecule has 0 atom stereocenters. The zero-order valence-electron chi connectivity index (χ0n) is 21.5. The minimum Gasteiger partial charge on any atom is -0.369 e. The molecule has 0 spiro atoms. The third kappa shape index (κ3) is 6.17. The molecule has 198 valence electrons. The number of hydrogen-bond donors (Lipinski definition) is 1. The van der Waals surface area contributed by atoms with Crippen LogP contribution in [0.5, 0.6) is 0 Å². The number of rotatable bonds is 5. The monoisotopic (exact) mass is 534 g/mol. The average Bonchev–Trinajstić information content (AvgIpc) is 2.93. The van der Waals surface area contributed by atoms with Crippen LogP contribution >= 0.6 is 11.6 Å². The van der Waals surface area contributed by atoms with Gasteiger partial charge in [0.15, 0.2) is 0 Å². The summed E-state index contributed by atoms with van der Waals surface area (Å²) in [7, 11) is 2.14. The number of halogens is 2. The molecule has 38 heavy (non-hydrogen) atoms. The van der Waals surface area contributed by atoms with E-state index in [2.05, 4.69) is 22.2 Å². The molecule has 3 aromatic rings. The van der Waals surface area contributed by atoms with Gasteiger partial charge in [-0.1, -0.05) is 23.7 Å². The van der Waals surface area contributed by atoms with Gasteiger partial charge in [-0.3, -0.25) is 9.59 Å². The number of benzene rings is 3. The minimum absolute atomic E-state index is 0.132. The Labute approximate surface area is 228 Å². The predicted octanol–water partition coefficient (Wildman–Crippen LogP) is 5.50. The van der Waals surface area contributed by atoms with Crippen LogP contribution in [0.3, 0.4) is 0 Å². The van der Waals surface area contributed by atoms with Crippen LogP contribution in [0.2, 0.25) is 5.02 Å². The van der Waals surface area contributed by atoms with Crippen molar-refractivity contribution >= 4 is 34.8 Å². The van der Waals surface area contributed by atoms with E-state index in [0.717, 1.165) is 50.4 Å². The van der Waals surface area contributed by atoms with Crippen molar-refractivity contribution in [1.29, 1.82) is 0 Å². The Bertz CT molecular complexity index is 1260. The van der Waals surface area contributed by atoms with Crippen molar-refractivity contribution in [3.63, 3.8) is 0 Å². The van der Waals surface area contributed by atoms with Gasteiger partial charge in [0.05, 0.1) is 0 Å². The number of carbonyl (C=O) groups is 2. The highest BCUT2D eigenvalue weighted by Crippen LogP contribution is 2.30. The number of hydrogen-bond acceptors (Lipinski definition) is 4. The molecule has 2 heterocycles. The molecule has 0 aliphatic carbocycles. The maximum absolute atomic E-state index is 13.7. The van der Waals surface area contributed by atoms with Gasteiger partial charge in [0, 0.05) is 66.8 Å². The number of carbonyl (C=O) groups excluding carboxylic acids is 2. The van der Waals surface area contributed by atoms with Crippen molar-refractivity contribution < 1.29 is 14.0 Å². The Morgan fingerprint density at radius 3 is 2.13 bits per heavy atom. The first-order chi connectivity index (χ1) is 18.4. The van der Waals surface area contributed by atoms with Crippen molar-refractivity contribution in [1.82, 2.24) is 9.80 Å². The van der Waals surface area contributed by atoms with E-state index in [9.17, 15) is 14.0 Å². The van der Waals surface area contributed by atoms with E-state index in [1.54, 1.807) is 4.90 Å². The van der Waals surface area contributed by atoms with Crippen LogP contribution in [0.1, 0.15) is 45.0 Å². The van der Waals surface area contributed by atoms with Gasteiger partial charge in [0.25, 0.3) is 11.8 Å². The molecule has 2 amide bonds. The summed E-state index contributed by atoms with van der Waals surface area (Å²) in [6.45, 7) is 5.26. The third-order valence-electron chi connectivity index (χ3n) is 7.53. The number of piperidine rings is 1. The van der Waals surface area contributed by atoms with Gasteiger partial charge in [-0.2, -0.15) is 0 Å². The molecule has 6 nitrogen and oxygen atoms in total. The quantitative estimate of drug-likeness (QED) is 0.469. The van der Waals surface area contributed by atoms with Gasteiger partial charge in [-0.25, -0.2) is 4.39 Å². The topological polar surface area (TPSA) is 55.9 Å². The zero-order chi connectivity index (χ0) is 26.6. The van der Waals surface area contributed by atoms with Gasteiger partial charge in [0.1, 0.15) is 5.82 Å². The summed E-state index contributed by atoms with van der Waals surface area (Å²) in [6.07, 6.45) is 1.64. The standard InChI is InChI=1S/C30H32ClFN4O2/c1-34-14-16-35(17-15-34)28-8-4-23(5-9-28)29(37)33-27-6-2-21(3-7-27)22-10-12-36(13-11-22)30(38)24-18-25(31)20-26(32)19-24/h2-9,18-20,22H,10-17H2,1H3,(H,33,37). The Kier molecular flexibility index (Phi) is 7.95. The number of amides is 2. The first-order valence-corrected chi connectivity index (χ1v) is 13.4. The maximum Gasteiger partial charge on any atom is 0.255 e. The van der Waals surface area contributed by atoms with Gasteiger partial charge in [-0.15, -0.1) is 0 Å². The van der Waals surface area contributed by atoms with Crippen LogP contribution in [-0.4, -0.2) is 67.9 Å². The predicted molar refractivity (Wildman–Crippen MR) is 150 cm³/mol. The van der Waals surface area contributed by atoms with Gasteiger partial charge in [0.2, 0.25) is 0 Å². The second-order valence-corrected chi connectivity index (χ2v) is 10.6. The molecule has 1 N–H and O–H groups in total. The largest absolute Gasteiger partial charge is 0.369 e. The number of nitrogens with zero attached hydrogens (tertiary/aromatic N) is 3. The lowest BCUT2D eigenvalue weighted by molar-refractivity contribution is 0.0712. The van der Waals surface area contributed by atoms with Crippen LogP contribution in [0.4, 0.5) is 15.8 Å². The van der Waals surface area contributed by atoms with E-state index in [1.165, 1.54) is 23.8 Å². The fraction of sp³-hybridized carbons (Fsp3) is 0.333. The molecular formula is C30H32ClFN4O2. The van der Waals surface area contributed by atoms with Crippen LogP contribution in [0.25, 0.3) is 0 Å². The van der Waals surface area contributed by atoms with Crippen molar-refractivity contribution in [3.8, 4) is 0 Å². The van der Waals surface area contributed by atoms with Crippen LogP contribution in [0, 0.1) is 5.82 Å². The summed E-state index contributed by atoms with van der Waals surface area (Å²) in [4.78, 5) is 32.0. The Hall–Kier alpha value is -3.42. The summed E-state index contributed by atoms with van der Waals surface area (Å²) in [6, 6.07) is 19.7. The lowest BCUT2D eigenvalue weighted by atomic mass is 9.89. The normalized spacial score (nSPS) is 16.9. The molecule has 0 aromatic heterocycles. The smallest absolute Gasteiger partial charge is 0.255 e. The Morgan fingerprint density at radius 2 is 1.50 bits per heavy atom. The second kappa shape index (κ2) is 11.5. The molecule has 2 saturated heterocycles. The van der Waals surface area contributed by atoms with E-state index in [4.69, 9.17) is 11.6 Å². The fourth-order valence-electron chi connectivity index (χ4n) is 5.21. The zero-order valence-corrected chi connectivity index (χ0v) is 22.3. The first-order valence-electron chi connectivity index (χ1n) is 13.1. The molecule has 2 aliphatic rings. The van der Waals surface area contributed by atoms with E-state index >= 15 is 0 Å². The maximum atomic E-state index is 13.7. The molecular weight excluding hydrogens is 503 g/mol. The lowest BCUT2D eigenvalue weighted by Gasteiger charge is -2.34. The number of piperazine rings is 1. The van der Waals surface area contributed by atoms with E-state index < -0.39 is 5.82 Å². The van der Waals surface area contributed by atoms with Gasteiger partial charge >= 0.3 is 0 Å². The lowest BCUT2D eigenvalue weighted by Crippen LogP contribution is -2.44. The van der Waals surface area contributed by atoms with Gasteiger partial charge in [-0.05, 0) is 86.0 Å².